The van der Waals surface area contributed by atoms with Crippen LogP contribution in [-0.4, -0.2) is 20.2 Å². The van der Waals surface area contributed by atoms with Crippen molar-refractivity contribution in [3.63, 3.8) is 0 Å². The maximum atomic E-state index is 12.4. The number of non-ortho nitro benzene ring substituents is 1. The number of aryl methyl sites for hydroxylation is 1. The van der Waals surface area contributed by atoms with E-state index in [0.29, 0.717) is 11.3 Å². The molecule has 7 nitrogen and oxygen atoms in total. The molecule has 0 atom stereocenters. The quantitative estimate of drug-likeness (QED) is 0.423. The first kappa shape index (κ1) is 17.4. The van der Waals surface area contributed by atoms with Crippen LogP contribution >= 0.6 is 0 Å². The van der Waals surface area contributed by atoms with Crippen molar-refractivity contribution in [3.8, 4) is 11.3 Å². The molecule has 2 heterocycles. The third-order valence-corrected chi connectivity index (χ3v) is 4.45. The topological polar surface area (TPSA) is 89.5 Å². The molecule has 0 radical (unpaired) electrons. The Hall–Kier alpha value is -4.00. The number of nitro groups is 1. The van der Waals surface area contributed by atoms with Gasteiger partial charge in [-0.05, 0) is 43.3 Å². The molecule has 1 N–H and O–H groups in total. The van der Waals surface area contributed by atoms with Crippen LogP contribution in [0.1, 0.15) is 16.1 Å². The summed E-state index contributed by atoms with van der Waals surface area (Å²) < 4.78 is 2.01. The number of aromatic nitrogens is 2. The lowest BCUT2D eigenvalue weighted by Crippen LogP contribution is -2.11. The van der Waals surface area contributed by atoms with Crippen molar-refractivity contribution in [2.24, 2.45) is 0 Å². The second-order valence-corrected chi connectivity index (χ2v) is 6.36. The first-order valence-corrected chi connectivity index (χ1v) is 8.62. The van der Waals surface area contributed by atoms with E-state index in [2.05, 4.69) is 10.3 Å². The Kier molecular flexibility index (Phi) is 4.33. The van der Waals surface area contributed by atoms with E-state index in [9.17, 15) is 14.9 Å². The number of benzene rings is 2. The van der Waals surface area contributed by atoms with Gasteiger partial charge in [-0.15, -0.1) is 0 Å². The van der Waals surface area contributed by atoms with Crippen LogP contribution in [0.5, 0.6) is 0 Å². The fraction of sp³-hybridized carbons (Fsp3) is 0.0476. The Balaban J connectivity index is 1.58. The second kappa shape index (κ2) is 6.96. The molecule has 4 aromatic rings. The summed E-state index contributed by atoms with van der Waals surface area (Å²) >= 11 is 0. The van der Waals surface area contributed by atoms with Crippen molar-refractivity contribution in [2.75, 3.05) is 5.32 Å². The van der Waals surface area contributed by atoms with Crippen molar-refractivity contribution >= 4 is 22.9 Å². The number of nitrogens with zero attached hydrogens (tertiary/aromatic N) is 3. The van der Waals surface area contributed by atoms with E-state index in [1.165, 1.54) is 24.3 Å². The number of pyridine rings is 1. The Morgan fingerprint density at radius 3 is 2.54 bits per heavy atom. The molecule has 0 spiro atoms. The van der Waals surface area contributed by atoms with Gasteiger partial charge >= 0.3 is 0 Å². The Morgan fingerprint density at radius 2 is 1.82 bits per heavy atom. The SMILES string of the molecule is Cc1cccc2nc(-c3cccc(NC(=O)c4ccc([N+](=O)[O-])cc4)c3)cn12. The third-order valence-electron chi connectivity index (χ3n) is 4.45. The third kappa shape index (κ3) is 3.33. The van der Waals surface area contributed by atoms with Gasteiger partial charge in [-0.2, -0.15) is 0 Å². The normalized spacial score (nSPS) is 10.8. The number of hydrogen-bond acceptors (Lipinski definition) is 4. The summed E-state index contributed by atoms with van der Waals surface area (Å²) in [5, 5.41) is 13.5. The van der Waals surface area contributed by atoms with E-state index in [1.54, 1.807) is 6.07 Å². The Morgan fingerprint density at radius 1 is 1.07 bits per heavy atom. The number of nitrogens with one attached hydrogen (secondary N) is 1. The number of carbonyl (C=O) groups excluding carboxylic acids is 1. The van der Waals surface area contributed by atoms with E-state index in [4.69, 9.17) is 0 Å². The fourth-order valence-corrected chi connectivity index (χ4v) is 2.98. The zero-order valence-electron chi connectivity index (χ0n) is 15.0. The van der Waals surface area contributed by atoms with Crippen LogP contribution in [0.15, 0.2) is 72.9 Å². The van der Waals surface area contributed by atoms with E-state index in [0.717, 1.165) is 22.6 Å². The van der Waals surface area contributed by atoms with E-state index in [1.807, 2.05) is 53.9 Å². The minimum absolute atomic E-state index is 0.0549. The predicted molar refractivity (Wildman–Crippen MR) is 106 cm³/mol. The van der Waals surface area contributed by atoms with Gasteiger partial charge in [0.05, 0.1) is 10.6 Å². The van der Waals surface area contributed by atoms with Gasteiger partial charge in [-0.3, -0.25) is 14.9 Å². The number of amides is 1. The van der Waals surface area contributed by atoms with Gasteiger partial charge in [0.1, 0.15) is 5.65 Å². The van der Waals surface area contributed by atoms with Crippen molar-refractivity contribution in [2.45, 2.75) is 6.92 Å². The number of carbonyl (C=O) groups is 1. The highest BCUT2D eigenvalue weighted by atomic mass is 16.6. The van der Waals surface area contributed by atoms with Gasteiger partial charge in [0.15, 0.2) is 0 Å². The summed E-state index contributed by atoms with van der Waals surface area (Å²) in [5.41, 5.74) is 4.54. The number of imidazole rings is 1. The lowest BCUT2D eigenvalue weighted by molar-refractivity contribution is -0.384. The Bertz CT molecular complexity index is 1200. The standard InChI is InChI=1S/C21H16N4O3/c1-14-4-2-7-20-23-19(13-24(14)20)16-5-3-6-17(12-16)22-21(26)15-8-10-18(11-9-15)25(27)28/h2-13H,1H3,(H,22,26). The van der Waals surface area contributed by atoms with Crippen LogP contribution in [-0.2, 0) is 0 Å². The zero-order chi connectivity index (χ0) is 19.7. The minimum Gasteiger partial charge on any atom is -0.322 e. The van der Waals surface area contributed by atoms with Crippen LogP contribution < -0.4 is 5.32 Å². The number of anilines is 1. The molecule has 4 rings (SSSR count). The number of rotatable bonds is 4. The average Bonchev–Trinajstić information content (AvgIpc) is 3.14. The lowest BCUT2D eigenvalue weighted by atomic mass is 10.1. The van der Waals surface area contributed by atoms with Gasteiger partial charge in [0.25, 0.3) is 11.6 Å². The highest BCUT2D eigenvalue weighted by Crippen LogP contribution is 2.23. The molecule has 0 saturated carbocycles. The molecular weight excluding hydrogens is 356 g/mol. The highest BCUT2D eigenvalue weighted by molar-refractivity contribution is 6.04. The van der Waals surface area contributed by atoms with E-state index >= 15 is 0 Å². The average molecular weight is 372 g/mol. The second-order valence-electron chi connectivity index (χ2n) is 6.36. The molecule has 0 fully saturated rings. The highest BCUT2D eigenvalue weighted by Gasteiger charge is 2.11. The number of nitro benzene ring substituents is 1. The van der Waals surface area contributed by atoms with Crippen LogP contribution in [0.4, 0.5) is 11.4 Å². The summed E-state index contributed by atoms with van der Waals surface area (Å²) in [6.07, 6.45) is 1.96. The van der Waals surface area contributed by atoms with Crippen molar-refractivity contribution in [1.82, 2.24) is 9.38 Å². The minimum atomic E-state index is -0.498. The summed E-state index contributed by atoms with van der Waals surface area (Å²) in [4.78, 5) is 27.3. The zero-order valence-corrected chi connectivity index (χ0v) is 15.0. The number of hydrogen-bond donors (Lipinski definition) is 1. The van der Waals surface area contributed by atoms with Gasteiger partial charge in [-0.1, -0.05) is 18.2 Å². The van der Waals surface area contributed by atoms with Gasteiger partial charge < -0.3 is 9.72 Å². The summed E-state index contributed by atoms with van der Waals surface area (Å²) in [6, 6.07) is 18.8. The molecule has 2 aromatic carbocycles. The van der Waals surface area contributed by atoms with Gasteiger partial charge in [0, 0.05) is 40.8 Å². The molecular formula is C21H16N4O3. The van der Waals surface area contributed by atoms with Crippen molar-refractivity contribution in [3.05, 3.63) is 94.3 Å². The Labute approximate surface area is 160 Å². The summed E-state index contributed by atoms with van der Waals surface area (Å²) in [5.74, 6) is -0.335. The smallest absolute Gasteiger partial charge is 0.269 e. The molecule has 138 valence electrons. The monoisotopic (exact) mass is 372 g/mol. The molecule has 0 saturated heterocycles. The molecule has 7 heteroatoms. The van der Waals surface area contributed by atoms with Crippen molar-refractivity contribution < 1.29 is 9.72 Å². The van der Waals surface area contributed by atoms with Crippen LogP contribution in [0.2, 0.25) is 0 Å². The molecule has 0 bridgehead atoms. The maximum Gasteiger partial charge on any atom is 0.269 e. The lowest BCUT2D eigenvalue weighted by Gasteiger charge is -2.06. The molecule has 28 heavy (non-hydrogen) atoms. The predicted octanol–water partition coefficient (Wildman–Crippen LogP) is 4.47. The first-order valence-electron chi connectivity index (χ1n) is 8.62. The van der Waals surface area contributed by atoms with Crippen LogP contribution in [0.25, 0.3) is 16.9 Å². The van der Waals surface area contributed by atoms with Crippen LogP contribution in [0, 0.1) is 17.0 Å². The summed E-state index contributed by atoms with van der Waals surface area (Å²) in [6.45, 7) is 2.01. The molecule has 0 aliphatic heterocycles. The molecule has 0 aliphatic rings. The summed E-state index contributed by atoms with van der Waals surface area (Å²) in [7, 11) is 0. The van der Waals surface area contributed by atoms with Gasteiger partial charge in [0.2, 0.25) is 0 Å². The number of fused-ring (bicyclic) bond motifs is 1. The molecule has 0 unspecified atom stereocenters. The largest absolute Gasteiger partial charge is 0.322 e. The van der Waals surface area contributed by atoms with Crippen LogP contribution in [0.3, 0.4) is 0 Å². The van der Waals surface area contributed by atoms with Gasteiger partial charge in [-0.25, -0.2) is 4.98 Å². The molecule has 0 aliphatic carbocycles. The van der Waals surface area contributed by atoms with E-state index < -0.39 is 4.92 Å². The van der Waals surface area contributed by atoms with E-state index in [-0.39, 0.29) is 11.6 Å². The maximum absolute atomic E-state index is 12.4. The van der Waals surface area contributed by atoms with Crippen molar-refractivity contribution in [1.29, 1.82) is 0 Å². The molecule has 1 amide bonds. The molecule has 2 aromatic heterocycles. The first-order chi connectivity index (χ1) is 13.5. The fourth-order valence-electron chi connectivity index (χ4n) is 2.98.